The normalized spacial score (nSPS) is 20.2. The lowest BCUT2D eigenvalue weighted by molar-refractivity contribution is -0.867. The van der Waals surface area contributed by atoms with Gasteiger partial charge in [0.25, 0.3) is 0 Å². The van der Waals surface area contributed by atoms with Gasteiger partial charge in [0.1, 0.15) is 6.54 Å². The second-order valence-electron chi connectivity index (χ2n) is 6.17. The summed E-state index contributed by atoms with van der Waals surface area (Å²) in [5.41, 5.74) is -0.733. The van der Waals surface area contributed by atoms with Gasteiger partial charge in [0.15, 0.2) is 6.10 Å². The van der Waals surface area contributed by atoms with Crippen molar-refractivity contribution in [1.29, 1.82) is 0 Å². The van der Waals surface area contributed by atoms with Gasteiger partial charge in [-0.1, -0.05) is 60.7 Å². The second-order valence-corrected chi connectivity index (χ2v) is 6.17. The number of aliphatic hydroxyl groups is 1. The zero-order chi connectivity index (χ0) is 16.3. The van der Waals surface area contributed by atoms with Crippen LogP contribution in [0.15, 0.2) is 60.7 Å². The van der Waals surface area contributed by atoms with Crippen molar-refractivity contribution < 1.29 is 31.9 Å². The Hall–Kier alpha value is -1.88. The Morgan fingerprint density at radius 2 is 1.58 bits per heavy atom. The predicted molar refractivity (Wildman–Crippen MR) is 87.0 cm³/mol. The van der Waals surface area contributed by atoms with Crippen molar-refractivity contribution in [2.45, 2.75) is 18.1 Å². The van der Waals surface area contributed by atoms with Crippen molar-refractivity contribution in [3.8, 4) is 0 Å². The molecule has 0 radical (unpaired) electrons. The van der Waals surface area contributed by atoms with E-state index in [1.165, 1.54) is 4.90 Å². The van der Waals surface area contributed by atoms with Gasteiger partial charge in [0, 0.05) is 6.42 Å². The molecule has 1 saturated heterocycles. The number of likely N-dealkylation sites (tertiary alicyclic amines) is 1. The van der Waals surface area contributed by atoms with Crippen LogP contribution in [0, 0.1) is 0 Å². The van der Waals surface area contributed by atoms with Crippen molar-refractivity contribution in [3.63, 3.8) is 0 Å². The molecule has 2 aromatic rings. The number of carbonyl (C=O) groups excluding carboxylic acids is 1. The smallest absolute Gasteiger partial charge is 0.348 e. The molecule has 5 heteroatoms. The molecule has 128 valence electrons. The van der Waals surface area contributed by atoms with Crippen LogP contribution in [0.5, 0.6) is 0 Å². The zero-order valence-corrected chi connectivity index (χ0v) is 14.4. The average Bonchev–Trinajstić information content (AvgIpc) is 3.00. The number of likely N-dealkylation sites (N-methyl/N-ethyl adjacent to an activating group) is 1. The molecule has 24 heavy (non-hydrogen) atoms. The van der Waals surface area contributed by atoms with Gasteiger partial charge in [-0.25, -0.2) is 4.79 Å². The van der Waals surface area contributed by atoms with Gasteiger partial charge in [-0.15, -0.1) is 0 Å². The number of halogens is 1. The topological polar surface area (TPSA) is 51.0 Å². The molecule has 2 atom stereocenters. The Morgan fingerprint density at radius 1 is 1.08 bits per heavy atom. The van der Waals surface area contributed by atoms with Crippen LogP contribution in [0.2, 0.25) is 0 Å². The molecule has 0 spiro atoms. The van der Waals surface area contributed by atoms with Crippen LogP contribution < -0.4 is 17.3 Å². The molecule has 1 heterocycles. The standard InChI is InChI=1S/C19H21NO3.ClH/c1-20-13-12-17(14-20)23-18(21)19(22,15-8-4-2-5-9-15)16-10-6-3-7-11-16;/h2-11,17,22H,12-14H2,1H3;1H. The number of ether oxygens (including phenoxy) is 1. The number of hydrogen-bond acceptors (Lipinski definition) is 3. The van der Waals surface area contributed by atoms with Crippen LogP contribution in [0.25, 0.3) is 0 Å². The number of quaternary nitrogens is 1. The number of esters is 1. The first-order valence-electron chi connectivity index (χ1n) is 7.96. The molecule has 1 aliphatic rings. The van der Waals surface area contributed by atoms with Crippen LogP contribution in [-0.2, 0) is 15.1 Å². The maximum absolute atomic E-state index is 12.8. The zero-order valence-electron chi connectivity index (χ0n) is 13.6. The van der Waals surface area contributed by atoms with E-state index in [-0.39, 0.29) is 18.5 Å². The minimum atomic E-state index is -1.78. The molecule has 0 saturated carbocycles. The summed E-state index contributed by atoms with van der Waals surface area (Å²) in [7, 11) is 2.08. The summed E-state index contributed by atoms with van der Waals surface area (Å²) >= 11 is 0. The minimum absolute atomic E-state index is 0. The highest BCUT2D eigenvalue weighted by Gasteiger charge is 2.43. The van der Waals surface area contributed by atoms with E-state index < -0.39 is 11.6 Å². The molecule has 2 N–H and O–H groups in total. The Morgan fingerprint density at radius 3 is 2.00 bits per heavy atom. The Bertz CT molecular complexity index is 623. The van der Waals surface area contributed by atoms with E-state index in [1.54, 1.807) is 24.3 Å². The van der Waals surface area contributed by atoms with E-state index in [0.717, 1.165) is 19.5 Å². The number of hydrogen-bond donors (Lipinski definition) is 2. The van der Waals surface area contributed by atoms with E-state index in [9.17, 15) is 9.90 Å². The molecule has 0 aliphatic carbocycles. The first kappa shape index (κ1) is 18.5. The number of carbonyl (C=O) groups is 1. The fourth-order valence-corrected chi connectivity index (χ4v) is 3.10. The largest absolute Gasteiger partial charge is 1.00 e. The van der Waals surface area contributed by atoms with Gasteiger partial charge in [-0.2, -0.15) is 0 Å². The molecule has 3 rings (SSSR count). The van der Waals surface area contributed by atoms with Crippen molar-refractivity contribution in [3.05, 3.63) is 71.8 Å². The maximum Gasteiger partial charge on any atom is 0.348 e. The van der Waals surface area contributed by atoms with E-state index in [2.05, 4.69) is 7.05 Å². The lowest BCUT2D eigenvalue weighted by Gasteiger charge is -2.28. The minimum Gasteiger partial charge on any atom is -1.00 e. The van der Waals surface area contributed by atoms with Crippen molar-refractivity contribution in [2.24, 2.45) is 0 Å². The van der Waals surface area contributed by atoms with Crippen LogP contribution >= 0.6 is 0 Å². The Kier molecular flexibility index (Phi) is 5.99. The second kappa shape index (κ2) is 7.79. The van der Waals surface area contributed by atoms with Crippen molar-refractivity contribution in [1.82, 2.24) is 0 Å². The summed E-state index contributed by atoms with van der Waals surface area (Å²) in [6.45, 7) is 1.76. The molecular weight excluding hydrogens is 326 g/mol. The Balaban J connectivity index is 0.00000208. The molecule has 0 bridgehead atoms. The summed E-state index contributed by atoms with van der Waals surface area (Å²) in [6, 6.07) is 18.0. The highest BCUT2D eigenvalue weighted by molar-refractivity contribution is 5.85. The maximum atomic E-state index is 12.8. The molecule has 4 nitrogen and oxygen atoms in total. The SMILES string of the molecule is C[NH+]1CCC(OC(=O)C(O)(c2ccccc2)c2ccccc2)C1.[Cl-]. The van der Waals surface area contributed by atoms with E-state index in [4.69, 9.17) is 4.74 Å². The quantitative estimate of drug-likeness (QED) is 0.615. The van der Waals surface area contributed by atoms with E-state index in [1.807, 2.05) is 36.4 Å². The fraction of sp³-hybridized carbons (Fsp3) is 0.316. The first-order chi connectivity index (χ1) is 11.1. The van der Waals surface area contributed by atoms with E-state index >= 15 is 0 Å². The molecule has 1 aliphatic heterocycles. The first-order valence-corrected chi connectivity index (χ1v) is 7.96. The van der Waals surface area contributed by atoms with Gasteiger partial charge in [-0.05, 0) is 11.1 Å². The monoisotopic (exact) mass is 347 g/mol. The third-order valence-corrected chi connectivity index (χ3v) is 4.42. The van der Waals surface area contributed by atoms with Gasteiger partial charge in [0.2, 0.25) is 5.60 Å². The molecular formula is C19H22ClNO3. The van der Waals surface area contributed by atoms with Crippen LogP contribution in [0.4, 0.5) is 0 Å². The third-order valence-electron chi connectivity index (χ3n) is 4.42. The molecule has 0 aromatic heterocycles. The molecule has 2 aromatic carbocycles. The highest BCUT2D eigenvalue weighted by atomic mass is 35.5. The lowest BCUT2D eigenvalue weighted by Crippen LogP contribution is -3.07. The molecule has 2 unspecified atom stereocenters. The van der Waals surface area contributed by atoms with Gasteiger partial charge in [0.05, 0.1) is 13.6 Å². The van der Waals surface area contributed by atoms with Crippen molar-refractivity contribution in [2.75, 3.05) is 20.1 Å². The fourth-order valence-electron chi connectivity index (χ4n) is 3.10. The van der Waals surface area contributed by atoms with Crippen molar-refractivity contribution >= 4 is 5.97 Å². The number of nitrogens with one attached hydrogen (secondary N) is 1. The average molecular weight is 348 g/mol. The molecule has 0 amide bonds. The van der Waals surface area contributed by atoms with Crippen LogP contribution in [-0.4, -0.2) is 37.3 Å². The van der Waals surface area contributed by atoms with Gasteiger partial charge >= 0.3 is 5.97 Å². The predicted octanol–water partition coefficient (Wildman–Crippen LogP) is -2.24. The number of rotatable bonds is 4. The lowest BCUT2D eigenvalue weighted by atomic mass is 9.86. The van der Waals surface area contributed by atoms with E-state index in [0.29, 0.717) is 11.1 Å². The Labute approximate surface area is 148 Å². The van der Waals surface area contributed by atoms with Gasteiger partial charge in [-0.3, -0.25) is 0 Å². The summed E-state index contributed by atoms with van der Waals surface area (Å²) in [4.78, 5) is 14.2. The van der Waals surface area contributed by atoms with Crippen LogP contribution in [0.1, 0.15) is 17.5 Å². The third kappa shape index (κ3) is 3.61. The molecule has 1 fully saturated rings. The summed E-state index contributed by atoms with van der Waals surface area (Å²) in [5, 5.41) is 11.3. The summed E-state index contributed by atoms with van der Waals surface area (Å²) < 4.78 is 5.65. The summed E-state index contributed by atoms with van der Waals surface area (Å²) in [5.74, 6) is -0.602. The van der Waals surface area contributed by atoms with Gasteiger partial charge < -0.3 is 27.2 Å². The van der Waals surface area contributed by atoms with Crippen LogP contribution in [0.3, 0.4) is 0 Å². The summed E-state index contributed by atoms with van der Waals surface area (Å²) in [6.07, 6.45) is 0.693. The number of benzene rings is 2. The highest BCUT2D eigenvalue weighted by Crippen LogP contribution is 2.31.